The van der Waals surface area contributed by atoms with Crippen LogP contribution < -0.4 is 5.32 Å². The number of aromatic nitrogens is 2. The van der Waals surface area contributed by atoms with Gasteiger partial charge in [-0.2, -0.15) is 0 Å². The Balaban J connectivity index is 1.98. The van der Waals surface area contributed by atoms with Gasteiger partial charge in [0.1, 0.15) is 0 Å². The van der Waals surface area contributed by atoms with Gasteiger partial charge >= 0.3 is 0 Å². The average molecular weight is 351 g/mol. The van der Waals surface area contributed by atoms with E-state index in [9.17, 15) is 4.79 Å². The van der Waals surface area contributed by atoms with Crippen molar-refractivity contribution in [3.63, 3.8) is 0 Å². The molecule has 0 saturated carbocycles. The van der Waals surface area contributed by atoms with Gasteiger partial charge < -0.3 is 5.32 Å². The summed E-state index contributed by atoms with van der Waals surface area (Å²) in [6, 6.07) is 7.51. The molecule has 110 valence electrons. The van der Waals surface area contributed by atoms with Gasteiger partial charge in [0.05, 0.1) is 18.0 Å². The number of likely N-dealkylation sites (N-methyl/N-ethyl adjacent to an activating group) is 1. The zero-order chi connectivity index (χ0) is 15.2. The van der Waals surface area contributed by atoms with Gasteiger partial charge in [-0.3, -0.25) is 9.63 Å². The van der Waals surface area contributed by atoms with Gasteiger partial charge in [-0.1, -0.05) is 12.1 Å². The van der Waals surface area contributed by atoms with Crippen molar-refractivity contribution in [3.8, 4) is 0 Å². The van der Waals surface area contributed by atoms with Crippen LogP contribution >= 0.6 is 15.9 Å². The van der Waals surface area contributed by atoms with Crippen molar-refractivity contribution in [2.24, 2.45) is 0 Å². The number of hydrogen-bond donors (Lipinski definition) is 1. The molecule has 0 unspecified atom stereocenters. The van der Waals surface area contributed by atoms with Crippen LogP contribution in [0, 0.1) is 0 Å². The van der Waals surface area contributed by atoms with Gasteiger partial charge in [-0.05, 0) is 33.6 Å². The van der Waals surface area contributed by atoms with Crippen LogP contribution in [0.15, 0.2) is 41.1 Å². The molecule has 0 atom stereocenters. The van der Waals surface area contributed by atoms with Crippen LogP contribution in [0.25, 0.3) is 0 Å². The number of hydrogen-bond acceptors (Lipinski definition) is 5. The third kappa shape index (κ3) is 4.51. The SMILES string of the molecule is CON(C)C(=O)Cc1ccc(Nc2ncc(Br)cn2)cc1. The molecule has 1 N–H and O–H groups in total. The summed E-state index contributed by atoms with van der Waals surface area (Å²) in [5.74, 6) is 0.413. The minimum Gasteiger partial charge on any atom is -0.324 e. The maximum absolute atomic E-state index is 11.7. The van der Waals surface area contributed by atoms with E-state index in [1.807, 2.05) is 24.3 Å². The van der Waals surface area contributed by atoms with Crippen LogP contribution in [-0.4, -0.2) is 35.1 Å². The third-order valence-corrected chi connectivity index (χ3v) is 3.22. The normalized spacial score (nSPS) is 10.2. The molecule has 1 aromatic heterocycles. The number of benzene rings is 1. The molecule has 1 amide bonds. The van der Waals surface area contributed by atoms with Crippen molar-refractivity contribution in [3.05, 3.63) is 46.7 Å². The van der Waals surface area contributed by atoms with Crippen molar-refractivity contribution in [1.82, 2.24) is 15.0 Å². The average Bonchev–Trinajstić information content (AvgIpc) is 2.50. The Morgan fingerprint density at radius 1 is 1.29 bits per heavy atom. The summed E-state index contributed by atoms with van der Waals surface area (Å²) in [6.07, 6.45) is 3.63. The Bertz CT molecular complexity index is 601. The molecule has 0 fully saturated rings. The molecule has 0 radical (unpaired) electrons. The van der Waals surface area contributed by atoms with Crippen LogP contribution in [-0.2, 0) is 16.1 Å². The Morgan fingerprint density at radius 2 is 1.90 bits per heavy atom. The Labute approximate surface area is 131 Å². The lowest BCUT2D eigenvalue weighted by molar-refractivity contribution is -0.167. The fraction of sp³-hybridized carbons (Fsp3) is 0.214. The molecule has 0 aliphatic carbocycles. The maximum Gasteiger partial charge on any atom is 0.250 e. The number of rotatable bonds is 5. The van der Waals surface area contributed by atoms with E-state index in [4.69, 9.17) is 4.84 Å². The standard InChI is InChI=1S/C14H15BrN4O2/c1-19(21-2)13(20)7-10-3-5-12(6-4-10)18-14-16-8-11(15)9-17-14/h3-6,8-9H,7H2,1-2H3,(H,16,17,18). The fourth-order valence-electron chi connectivity index (χ4n) is 1.60. The summed E-state index contributed by atoms with van der Waals surface area (Å²) in [5.41, 5.74) is 1.76. The summed E-state index contributed by atoms with van der Waals surface area (Å²) < 4.78 is 0.823. The van der Waals surface area contributed by atoms with Gasteiger partial charge in [0.2, 0.25) is 11.9 Å². The lowest BCUT2D eigenvalue weighted by Gasteiger charge is -2.13. The first-order valence-corrected chi connectivity index (χ1v) is 7.02. The van der Waals surface area contributed by atoms with Gasteiger partial charge in [0.25, 0.3) is 0 Å². The molecular weight excluding hydrogens is 336 g/mol. The molecule has 2 aromatic rings. The maximum atomic E-state index is 11.7. The number of halogens is 1. The highest BCUT2D eigenvalue weighted by Gasteiger charge is 2.08. The second kappa shape index (κ2) is 7.14. The topological polar surface area (TPSA) is 67.3 Å². The van der Waals surface area contributed by atoms with Crippen LogP contribution in [0.1, 0.15) is 5.56 Å². The molecule has 1 heterocycles. The molecule has 0 spiro atoms. The zero-order valence-electron chi connectivity index (χ0n) is 11.7. The lowest BCUT2D eigenvalue weighted by atomic mass is 10.1. The van der Waals surface area contributed by atoms with Gasteiger partial charge in [0, 0.05) is 25.1 Å². The molecular formula is C14H15BrN4O2. The minimum atomic E-state index is -0.102. The third-order valence-electron chi connectivity index (χ3n) is 2.81. The highest BCUT2D eigenvalue weighted by molar-refractivity contribution is 9.10. The van der Waals surface area contributed by atoms with Gasteiger partial charge in [-0.15, -0.1) is 0 Å². The van der Waals surface area contributed by atoms with Crippen molar-refractivity contribution in [2.45, 2.75) is 6.42 Å². The predicted molar refractivity (Wildman–Crippen MR) is 82.9 cm³/mol. The molecule has 0 bridgehead atoms. The second-order valence-corrected chi connectivity index (χ2v) is 5.21. The first-order valence-electron chi connectivity index (χ1n) is 6.22. The van der Waals surface area contributed by atoms with Crippen molar-refractivity contribution in [1.29, 1.82) is 0 Å². The Morgan fingerprint density at radius 3 is 2.48 bits per heavy atom. The number of nitrogens with zero attached hydrogens (tertiary/aromatic N) is 3. The summed E-state index contributed by atoms with van der Waals surface area (Å²) in [4.78, 5) is 24.8. The first kappa shape index (κ1) is 15.4. The summed E-state index contributed by atoms with van der Waals surface area (Å²) in [7, 11) is 3.05. The fourth-order valence-corrected chi connectivity index (χ4v) is 1.80. The highest BCUT2D eigenvalue weighted by Crippen LogP contribution is 2.15. The summed E-state index contributed by atoms with van der Waals surface area (Å²) in [5, 5.41) is 4.29. The number of hydroxylamine groups is 2. The smallest absolute Gasteiger partial charge is 0.250 e. The van der Waals surface area contributed by atoms with Crippen molar-refractivity contribution >= 4 is 33.5 Å². The number of carbonyl (C=O) groups is 1. The van der Waals surface area contributed by atoms with E-state index < -0.39 is 0 Å². The van der Waals surface area contributed by atoms with Crippen LogP contribution in [0.5, 0.6) is 0 Å². The molecule has 2 rings (SSSR count). The monoisotopic (exact) mass is 350 g/mol. The van der Waals surface area contributed by atoms with Crippen molar-refractivity contribution < 1.29 is 9.63 Å². The van der Waals surface area contributed by atoms with E-state index in [-0.39, 0.29) is 5.91 Å². The zero-order valence-corrected chi connectivity index (χ0v) is 13.3. The Kier molecular flexibility index (Phi) is 5.24. The first-order chi connectivity index (χ1) is 10.1. The van der Waals surface area contributed by atoms with Crippen LogP contribution in [0.4, 0.5) is 11.6 Å². The molecule has 0 saturated heterocycles. The summed E-state index contributed by atoms with van der Waals surface area (Å²) in [6.45, 7) is 0. The van der Waals surface area contributed by atoms with Crippen molar-refractivity contribution in [2.75, 3.05) is 19.5 Å². The minimum absolute atomic E-state index is 0.102. The van der Waals surface area contributed by atoms with Gasteiger partial charge in [-0.25, -0.2) is 15.0 Å². The molecule has 21 heavy (non-hydrogen) atoms. The predicted octanol–water partition coefficient (Wildman–Crippen LogP) is 2.55. The number of nitrogens with one attached hydrogen (secondary N) is 1. The van der Waals surface area contributed by atoms with E-state index >= 15 is 0 Å². The van der Waals surface area contributed by atoms with E-state index in [2.05, 4.69) is 31.2 Å². The molecule has 1 aromatic carbocycles. The second-order valence-electron chi connectivity index (χ2n) is 4.30. The van der Waals surface area contributed by atoms with E-state index in [1.165, 1.54) is 12.2 Å². The Hall–Kier alpha value is -1.99. The molecule has 7 heteroatoms. The van der Waals surface area contributed by atoms with E-state index in [1.54, 1.807) is 19.4 Å². The quantitative estimate of drug-likeness (QED) is 0.839. The summed E-state index contributed by atoms with van der Waals surface area (Å²) >= 11 is 3.28. The van der Waals surface area contributed by atoms with Gasteiger partial charge in [0.15, 0.2) is 0 Å². The number of amides is 1. The van der Waals surface area contributed by atoms with E-state index in [0.717, 1.165) is 15.7 Å². The van der Waals surface area contributed by atoms with Crippen LogP contribution in [0.3, 0.4) is 0 Å². The molecule has 6 nitrogen and oxygen atoms in total. The largest absolute Gasteiger partial charge is 0.324 e. The lowest BCUT2D eigenvalue weighted by Crippen LogP contribution is -2.26. The highest BCUT2D eigenvalue weighted by atomic mass is 79.9. The number of anilines is 2. The molecule has 0 aliphatic heterocycles. The van der Waals surface area contributed by atoms with Crippen LogP contribution in [0.2, 0.25) is 0 Å². The van der Waals surface area contributed by atoms with E-state index in [0.29, 0.717) is 12.4 Å². The number of carbonyl (C=O) groups excluding carboxylic acids is 1. The molecule has 0 aliphatic rings.